The Morgan fingerprint density at radius 3 is 2.62 bits per heavy atom. The number of carbonyl (C=O) groups is 1. The van der Waals surface area contributed by atoms with Crippen molar-refractivity contribution in [2.45, 2.75) is 31.2 Å². The Balaban J connectivity index is 1.58. The van der Waals surface area contributed by atoms with Gasteiger partial charge in [-0.15, -0.1) is 0 Å². The van der Waals surface area contributed by atoms with Gasteiger partial charge < -0.3 is 10.1 Å². The Morgan fingerprint density at radius 2 is 1.91 bits per heavy atom. The third kappa shape index (κ3) is 4.53. The zero-order valence-electron chi connectivity index (χ0n) is 18.1. The molecular weight excluding hydrogens is 428 g/mol. The van der Waals surface area contributed by atoms with Crippen LogP contribution in [0.1, 0.15) is 34.3 Å². The number of rotatable bonds is 7. The van der Waals surface area contributed by atoms with Crippen LogP contribution in [0.3, 0.4) is 0 Å². The minimum atomic E-state index is -3.74. The lowest BCUT2D eigenvalue weighted by molar-refractivity contribution is 0.102. The molecule has 1 fully saturated rings. The normalized spacial score (nSPS) is 14.4. The largest absolute Gasteiger partial charge is 0.495 e. The molecule has 3 aromatic rings. The number of aryl methyl sites for hydroxylation is 1. The number of hydrogen-bond donors (Lipinski definition) is 1. The van der Waals surface area contributed by atoms with Gasteiger partial charge in [-0.2, -0.15) is 9.40 Å². The number of hydrogen-bond acceptors (Lipinski definition) is 5. The van der Waals surface area contributed by atoms with Crippen molar-refractivity contribution < 1.29 is 17.9 Å². The van der Waals surface area contributed by atoms with E-state index in [4.69, 9.17) is 4.74 Å². The van der Waals surface area contributed by atoms with Gasteiger partial charge in [-0.1, -0.05) is 29.8 Å². The fraction of sp³-hybridized carbons (Fsp3) is 0.304. The summed E-state index contributed by atoms with van der Waals surface area (Å²) in [4.78, 5) is 13.0. The summed E-state index contributed by atoms with van der Waals surface area (Å²) in [6.07, 6.45) is 3.27. The maximum atomic E-state index is 13.1. The fourth-order valence-electron chi connectivity index (χ4n) is 3.82. The van der Waals surface area contributed by atoms with Crippen LogP contribution in [0.2, 0.25) is 0 Å². The molecule has 4 rings (SSSR count). The van der Waals surface area contributed by atoms with Gasteiger partial charge in [0.15, 0.2) is 0 Å². The molecule has 1 N–H and O–H groups in total. The van der Waals surface area contributed by atoms with Crippen molar-refractivity contribution in [3.63, 3.8) is 0 Å². The van der Waals surface area contributed by atoms with Crippen LogP contribution in [-0.2, 0) is 16.6 Å². The maximum Gasteiger partial charge on any atom is 0.256 e. The Labute approximate surface area is 187 Å². The highest BCUT2D eigenvalue weighted by Gasteiger charge is 2.30. The number of sulfonamides is 1. The summed E-state index contributed by atoms with van der Waals surface area (Å²) < 4.78 is 34.6. The molecule has 0 aliphatic carbocycles. The first-order valence-corrected chi connectivity index (χ1v) is 11.9. The second-order valence-electron chi connectivity index (χ2n) is 7.79. The van der Waals surface area contributed by atoms with Crippen LogP contribution in [-0.4, -0.2) is 48.6 Å². The molecule has 0 radical (unpaired) electrons. The molecule has 0 spiro atoms. The summed E-state index contributed by atoms with van der Waals surface area (Å²) in [6.45, 7) is 3.47. The lowest BCUT2D eigenvalue weighted by Crippen LogP contribution is -2.28. The third-order valence-electron chi connectivity index (χ3n) is 5.48. The number of nitrogens with zero attached hydrogens (tertiary/aromatic N) is 3. The van der Waals surface area contributed by atoms with Gasteiger partial charge in [-0.05, 0) is 43.5 Å². The number of nitrogens with one attached hydrogen (secondary N) is 1. The van der Waals surface area contributed by atoms with Gasteiger partial charge in [0.25, 0.3) is 5.91 Å². The molecule has 1 saturated heterocycles. The molecule has 2 aromatic carbocycles. The topological polar surface area (TPSA) is 93.5 Å². The quantitative estimate of drug-likeness (QED) is 0.591. The first-order valence-electron chi connectivity index (χ1n) is 10.5. The summed E-state index contributed by atoms with van der Waals surface area (Å²) >= 11 is 0. The average Bonchev–Trinajstić information content (AvgIpc) is 3.46. The summed E-state index contributed by atoms with van der Waals surface area (Å²) in [6, 6.07) is 14.2. The van der Waals surface area contributed by atoms with Crippen LogP contribution in [0, 0.1) is 6.92 Å². The standard InChI is InChI=1S/C23H26N4O4S/c1-17-6-5-7-18(14-17)16-27-22(10-11-24-27)25-23(28)19-8-9-20(31-2)21(15-19)32(29,30)26-12-3-4-13-26/h5-11,14-15H,3-4,12-13,16H2,1-2H3,(H,25,28). The van der Waals surface area contributed by atoms with E-state index < -0.39 is 15.9 Å². The number of benzene rings is 2. The fourth-order valence-corrected chi connectivity index (χ4v) is 5.52. The van der Waals surface area contributed by atoms with E-state index in [-0.39, 0.29) is 16.2 Å². The predicted octanol–water partition coefficient (Wildman–Crippen LogP) is 3.29. The van der Waals surface area contributed by atoms with Gasteiger partial charge in [0, 0.05) is 24.7 Å². The van der Waals surface area contributed by atoms with E-state index >= 15 is 0 Å². The van der Waals surface area contributed by atoms with Gasteiger partial charge >= 0.3 is 0 Å². The van der Waals surface area contributed by atoms with Crippen LogP contribution in [0.25, 0.3) is 0 Å². The van der Waals surface area contributed by atoms with E-state index in [9.17, 15) is 13.2 Å². The molecule has 32 heavy (non-hydrogen) atoms. The second kappa shape index (κ2) is 9.13. The van der Waals surface area contributed by atoms with Gasteiger partial charge in [0.05, 0.1) is 19.9 Å². The van der Waals surface area contributed by atoms with E-state index in [2.05, 4.69) is 16.5 Å². The molecule has 1 amide bonds. The van der Waals surface area contributed by atoms with Crippen molar-refractivity contribution in [3.8, 4) is 5.75 Å². The smallest absolute Gasteiger partial charge is 0.256 e. The van der Waals surface area contributed by atoms with Gasteiger partial charge in [-0.25, -0.2) is 13.1 Å². The lowest BCUT2D eigenvalue weighted by atomic mass is 10.1. The van der Waals surface area contributed by atoms with Crippen LogP contribution in [0.4, 0.5) is 5.82 Å². The summed E-state index contributed by atoms with van der Waals surface area (Å²) in [5.74, 6) is 0.325. The van der Waals surface area contributed by atoms with Crippen molar-refractivity contribution >= 4 is 21.7 Å². The van der Waals surface area contributed by atoms with E-state index in [1.165, 1.54) is 23.5 Å². The number of ether oxygens (including phenoxy) is 1. The highest BCUT2D eigenvalue weighted by atomic mass is 32.2. The van der Waals surface area contributed by atoms with Crippen LogP contribution in [0.15, 0.2) is 59.6 Å². The monoisotopic (exact) mass is 454 g/mol. The Morgan fingerprint density at radius 1 is 1.12 bits per heavy atom. The first kappa shape index (κ1) is 22.0. The third-order valence-corrected chi connectivity index (χ3v) is 7.40. The molecule has 8 nitrogen and oxygen atoms in total. The average molecular weight is 455 g/mol. The SMILES string of the molecule is COc1ccc(C(=O)Nc2ccnn2Cc2cccc(C)c2)cc1S(=O)(=O)N1CCCC1. The lowest BCUT2D eigenvalue weighted by Gasteiger charge is -2.18. The van der Waals surface area contributed by atoms with E-state index in [1.807, 2.05) is 25.1 Å². The number of methoxy groups -OCH3 is 1. The summed E-state index contributed by atoms with van der Waals surface area (Å²) in [7, 11) is -2.32. The predicted molar refractivity (Wildman–Crippen MR) is 121 cm³/mol. The molecule has 0 bridgehead atoms. The second-order valence-corrected chi connectivity index (χ2v) is 9.70. The molecule has 2 heterocycles. The van der Waals surface area contributed by atoms with Crippen molar-refractivity contribution in [2.75, 3.05) is 25.5 Å². The van der Waals surface area contributed by atoms with E-state index in [0.29, 0.717) is 25.5 Å². The number of anilines is 1. The Hall–Kier alpha value is -3.17. The molecule has 0 atom stereocenters. The van der Waals surface area contributed by atoms with Crippen LogP contribution in [0.5, 0.6) is 5.75 Å². The summed E-state index contributed by atoms with van der Waals surface area (Å²) in [5, 5.41) is 7.14. The minimum absolute atomic E-state index is 0.00261. The maximum absolute atomic E-state index is 13.1. The van der Waals surface area contributed by atoms with Crippen molar-refractivity contribution in [1.82, 2.24) is 14.1 Å². The Bertz CT molecular complexity index is 1230. The van der Waals surface area contributed by atoms with Gasteiger partial charge in [0.1, 0.15) is 16.5 Å². The number of carbonyl (C=O) groups excluding carboxylic acids is 1. The zero-order chi connectivity index (χ0) is 22.7. The molecule has 1 aromatic heterocycles. The van der Waals surface area contributed by atoms with Gasteiger partial charge in [0.2, 0.25) is 10.0 Å². The first-order chi connectivity index (χ1) is 15.4. The molecule has 0 unspecified atom stereocenters. The molecule has 1 aliphatic rings. The minimum Gasteiger partial charge on any atom is -0.495 e. The van der Waals surface area contributed by atoms with E-state index in [1.54, 1.807) is 23.0 Å². The zero-order valence-corrected chi connectivity index (χ0v) is 18.9. The molecule has 1 aliphatic heterocycles. The molecule has 9 heteroatoms. The van der Waals surface area contributed by atoms with Crippen LogP contribution < -0.4 is 10.1 Å². The molecule has 0 saturated carbocycles. The van der Waals surface area contributed by atoms with E-state index in [0.717, 1.165) is 24.0 Å². The molecule has 168 valence electrons. The highest BCUT2D eigenvalue weighted by Crippen LogP contribution is 2.30. The van der Waals surface area contributed by atoms with Crippen molar-refractivity contribution in [3.05, 3.63) is 71.4 Å². The highest BCUT2D eigenvalue weighted by molar-refractivity contribution is 7.89. The molecular formula is C23H26N4O4S. The van der Waals surface area contributed by atoms with Crippen LogP contribution >= 0.6 is 0 Å². The summed E-state index contributed by atoms with van der Waals surface area (Å²) in [5.41, 5.74) is 2.43. The van der Waals surface area contributed by atoms with Crippen molar-refractivity contribution in [2.24, 2.45) is 0 Å². The van der Waals surface area contributed by atoms with Crippen molar-refractivity contribution in [1.29, 1.82) is 0 Å². The Kier molecular flexibility index (Phi) is 6.29. The van der Waals surface area contributed by atoms with Gasteiger partial charge in [-0.3, -0.25) is 4.79 Å². The number of amides is 1. The number of aromatic nitrogens is 2.